The number of hydrogen-bond donors (Lipinski definition) is 1. The molecular formula is C15H11F2N3. The number of nitrogens with two attached hydrogens (primary N) is 1. The Morgan fingerprint density at radius 1 is 0.950 bits per heavy atom. The second kappa shape index (κ2) is 4.52. The Bertz CT molecular complexity index is 816. The Kier molecular flexibility index (Phi) is 2.82. The Balaban J connectivity index is 2.29. The maximum Gasteiger partial charge on any atom is 0.150 e. The molecule has 3 aromatic rings. The smallest absolute Gasteiger partial charge is 0.150 e. The van der Waals surface area contributed by atoms with Crippen molar-refractivity contribution in [3.05, 3.63) is 53.6 Å². The van der Waals surface area contributed by atoms with Crippen LogP contribution in [0.4, 0.5) is 14.6 Å². The highest BCUT2D eigenvalue weighted by Crippen LogP contribution is 2.28. The van der Waals surface area contributed by atoms with Crippen LogP contribution >= 0.6 is 0 Å². The highest BCUT2D eigenvalue weighted by molar-refractivity contribution is 5.82. The minimum Gasteiger partial charge on any atom is -0.382 e. The van der Waals surface area contributed by atoms with E-state index in [4.69, 9.17) is 5.73 Å². The molecule has 0 aliphatic heterocycles. The van der Waals surface area contributed by atoms with Gasteiger partial charge in [-0.25, -0.2) is 18.7 Å². The molecule has 0 unspecified atom stereocenters. The monoisotopic (exact) mass is 271 g/mol. The first-order valence-electron chi connectivity index (χ1n) is 6.04. The molecule has 0 bridgehead atoms. The molecule has 0 saturated heterocycles. The molecule has 2 aromatic carbocycles. The molecule has 0 aliphatic rings. The number of halogens is 2. The van der Waals surface area contributed by atoms with Gasteiger partial charge in [-0.15, -0.1) is 0 Å². The lowest BCUT2D eigenvalue weighted by molar-refractivity contribution is 0.595. The number of aromatic nitrogens is 2. The summed E-state index contributed by atoms with van der Waals surface area (Å²) in [7, 11) is 0. The van der Waals surface area contributed by atoms with E-state index in [1.807, 2.05) is 6.07 Å². The van der Waals surface area contributed by atoms with Gasteiger partial charge in [-0.05, 0) is 36.8 Å². The molecule has 5 heteroatoms. The minimum atomic E-state index is -0.569. The molecule has 3 nitrogen and oxygen atoms in total. The lowest BCUT2D eigenvalue weighted by Crippen LogP contribution is -2.01. The summed E-state index contributed by atoms with van der Waals surface area (Å²) in [4.78, 5) is 8.45. The van der Waals surface area contributed by atoms with Crippen LogP contribution < -0.4 is 5.73 Å². The fourth-order valence-corrected chi connectivity index (χ4v) is 2.04. The summed E-state index contributed by atoms with van der Waals surface area (Å²) < 4.78 is 27.6. The van der Waals surface area contributed by atoms with Crippen molar-refractivity contribution >= 4 is 16.9 Å². The highest BCUT2D eigenvalue weighted by atomic mass is 19.1. The Morgan fingerprint density at radius 3 is 2.30 bits per heavy atom. The van der Waals surface area contributed by atoms with Gasteiger partial charge in [-0.3, -0.25) is 0 Å². The molecule has 0 saturated carbocycles. The van der Waals surface area contributed by atoms with Gasteiger partial charge in [0.25, 0.3) is 0 Å². The summed E-state index contributed by atoms with van der Waals surface area (Å²) in [5.74, 6) is -0.998. The fourth-order valence-electron chi connectivity index (χ4n) is 2.04. The molecule has 100 valence electrons. The van der Waals surface area contributed by atoms with E-state index in [2.05, 4.69) is 9.97 Å². The first-order chi connectivity index (χ1) is 9.56. The molecule has 0 atom stereocenters. The Labute approximate surface area is 114 Å². The summed E-state index contributed by atoms with van der Waals surface area (Å²) >= 11 is 0. The average molecular weight is 271 g/mol. The van der Waals surface area contributed by atoms with E-state index in [0.717, 1.165) is 12.1 Å². The summed E-state index contributed by atoms with van der Waals surface area (Å²) in [5.41, 5.74) is 7.41. The topological polar surface area (TPSA) is 51.8 Å². The number of hydrogen-bond acceptors (Lipinski definition) is 3. The molecule has 3 rings (SSSR count). The first kappa shape index (κ1) is 12.5. The number of para-hydroxylation sites is 2. The van der Waals surface area contributed by atoms with E-state index >= 15 is 0 Å². The van der Waals surface area contributed by atoms with Crippen LogP contribution in [0, 0.1) is 18.6 Å². The number of nitrogen functional groups attached to an aromatic ring is 1. The molecule has 0 spiro atoms. The van der Waals surface area contributed by atoms with Gasteiger partial charge >= 0.3 is 0 Å². The molecule has 2 N–H and O–H groups in total. The normalized spacial score (nSPS) is 10.9. The molecule has 1 heterocycles. The van der Waals surface area contributed by atoms with Gasteiger partial charge in [-0.1, -0.05) is 12.1 Å². The van der Waals surface area contributed by atoms with Crippen molar-refractivity contribution in [1.29, 1.82) is 0 Å². The van der Waals surface area contributed by atoms with E-state index < -0.39 is 11.6 Å². The van der Waals surface area contributed by atoms with Crippen LogP contribution in [0.25, 0.3) is 22.3 Å². The number of fused-ring (bicyclic) bond motifs is 1. The first-order valence-corrected chi connectivity index (χ1v) is 6.04. The Hall–Kier alpha value is -2.56. The SMILES string of the molecule is Cc1cc(F)c(-c2nc3ccccc3nc2N)cc1F. The predicted molar refractivity (Wildman–Crippen MR) is 74.0 cm³/mol. The van der Waals surface area contributed by atoms with Gasteiger partial charge in [0.1, 0.15) is 17.3 Å². The van der Waals surface area contributed by atoms with E-state index in [-0.39, 0.29) is 22.6 Å². The van der Waals surface area contributed by atoms with Crippen LogP contribution in [0.5, 0.6) is 0 Å². The van der Waals surface area contributed by atoms with E-state index in [1.54, 1.807) is 18.2 Å². The third-order valence-electron chi connectivity index (χ3n) is 3.10. The van der Waals surface area contributed by atoms with Crippen LogP contribution in [0.15, 0.2) is 36.4 Å². The zero-order valence-electron chi connectivity index (χ0n) is 10.7. The van der Waals surface area contributed by atoms with E-state index in [0.29, 0.717) is 11.0 Å². The van der Waals surface area contributed by atoms with Crippen molar-refractivity contribution in [3.63, 3.8) is 0 Å². The summed E-state index contributed by atoms with van der Waals surface area (Å²) in [6.45, 7) is 1.50. The van der Waals surface area contributed by atoms with E-state index in [9.17, 15) is 8.78 Å². The third kappa shape index (κ3) is 1.97. The second-order valence-corrected chi connectivity index (χ2v) is 4.53. The zero-order valence-corrected chi connectivity index (χ0v) is 10.7. The van der Waals surface area contributed by atoms with Gasteiger partial charge < -0.3 is 5.73 Å². The largest absolute Gasteiger partial charge is 0.382 e. The molecule has 0 aliphatic carbocycles. The van der Waals surface area contributed by atoms with Gasteiger partial charge in [-0.2, -0.15) is 0 Å². The zero-order chi connectivity index (χ0) is 14.3. The van der Waals surface area contributed by atoms with Crippen LogP contribution in [-0.2, 0) is 0 Å². The number of benzene rings is 2. The number of rotatable bonds is 1. The van der Waals surface area contributed by atoms with Crippen LogP contribution in [0.2, 0.25) is 0 Å². The number of nitrogens with zero attached hydrogens (tertiary/aromatic N) is 2. The van der Waals surface area contributed by atoms with Crippen LogP contribution in [0.1, 0.15) is 5.56 Å². The maximum absolute atomic E-state index is 14.0. The van der Waals surface area contributed by atoms with Crippen LogP contribution in [-0.4, -0.2) is 9.97 Å². The quantitative estimate of drug-likeness (QED) is 0.737. The van der Waals surface area contributed by atoms with Crippen molar-refractivity contribution in [3.8, 4) is 11.3 Å². The molecule has 0 amide bonds. The maximum atomic E-state index is 14.0. The summed E-state index contributed by atoms with van der Waals surface area (Å²) in [6.07, 6.45) is 0. The lowest BCUT2D eigenvalue weighted by atomic mass is 10.1. The summed E-state index contributed by atoms with van der Waals surface area (Å²) in [6, 6.07) is 9.33. The fraction of sp³-hybridized carbons (Fsp3) is 0.0667. The Morgan fingerprint density at radius 2 is 1.60 bits per heavy atom. The van der Waals surface area contributed by atoms with Gasteiger partial charge in [0, 0.05) is 5.56 Å². The molecule has 0 fully saturated rings. The van der Waals surface area contributed by atoms with Gasteiger partial charge in [0.2, 0.25) is 0 Å². The molecule has 0 radical (unpaired) electrons. The standard InChI is InChI=1S/C15H11F2N3/c1-8-6-11(17)9(7-10(8)16)14-15(18)20-13-5-3-2-4-12(13)19-14/h2-7H,1H3,(H2,18,20). The molecule has 20 heavy (non-hydrogen) atoms. The van der Waals surface area contributed by atoms with Crippen molar-refractivity contribution in [1.82, 2.24) is 9.97 Å². The average Bonchev–Trinajstić information content (AvgIpc) is 2.42. The van der Waals surface area contributed by atoms with Crippen molar-refractivity contribution in [2.45, 2.75) is 6.92 Å². The third-order valence-corrected chi connectivity index (χ3v) is 3.10. The molecular weight excluding hydrogens is 260 g/mol. The second-order valence-electron chi connectivity index (χ2n) is 4.53. The van der Waals surface area contributed by atoms with Gasteiger partial charge in [0.05, 0.1) is 11.0 Å². The lowest BCUT2D eigenvalue weighted by Gasteiger charge is -2.08. The summed E-state index contributed by atoms with van der Waals surface area (Å²) in [5, 5.41) is 0. The van der Waals surface area contributed by atoms with Gasteiger partial charge in [0.15, 0.2) is 5.82 Å². The number of anilines is 1. The number of aryl methyl sites for hydroxylation is 1. The predicted octanol–water partition coefficient (Wildman–Crippen LogP) is 3.47. The van der Waals surface area contributed by atoms with E-state index in [1.165, 1.54) is 6.92 Å². The van der Waals surface area contributed by atoms with Crippen molar-refractivity contribution in [2.24, 2.45) is 0 Å². The molecule has 1 aromatic heterocycles. The van der Waals surface area contributed by atoms with Crippen LogP contribution in [0.3, 0.4) is 0 Å². The van der Waals surface area contributed by atoms with Crippen molar-refractivity contribution in [2.75, 3.05) is 5.73 Å². The minimum absolute atomic E-state index is 0.0175. The highest BCUT2D eigenvalue weighted by Gasteiger charge is 2.15. The van der Waals surface area contributed by atoms with Crippen molar-refractivity contribution < 1.29 is 8.78 Å².